The summed E-state index contributed by atoms with van der Waals surface area (Å²) in [6.45, 7) is 2.17. The number of ether oxygens (including phenoxy) is 2. The van der Waals surface area contributed by atoms with Crippen LogP contribution in [0, 0.1) is 0 Å². The fourth-order valence-electron chi connectivity index (χ4n) is 1.13. The summed E-state index contributed by atoms with van der Waals surface area (Å²) in [6, 6.07) is 0. The average Bonchev–Trinajstić information content (AvgIpc) is 2.34. The molecular formula is C12H24Hg2O6. The zero-order chi connectivity index (χ0) is 16.6. The molecule has 0 heterocycles. The Balaban J connectivity index is -0.000000297. The molecule has 0 spiro atoms. The van der Waals surface area contributed by atoms with Crippen molar-refractivity contribution in [3.63, 3.8) is 0 Å². The molecule has 20 heavy (non-hydrogen) atoms. The Morgan fingerprint density at radius 1 is 0.900 bits per heavy atom. The maximum atomic E-state index is 9.00. The van der Waals surface area contributed by atoms with E-state index < -0.39 is 11.9 Å². The minimum absolute atomic E-state index is 0.519. The van der Waals surface area contributed by atoms with Crippen molar-refractivity contribution in [1.29, 1.82) is 0 Å². The summed E-state index contributed by atoms with van der Waals surface area (Å²) in [5.74, 6) is -1.67. The van der Waals surface area contributed by atoms with E-state index in [2.05, 4.69) is 0 Å². The van der Waals surface area contributed by atoms with Crippen LogP contribution in [0.4, 0.5) is 0 Å². The summed E-state index contributed by atoms with van der Waals surface area (Å²) in [7, 11) is 3.65. The second kappa shape index (κ2) is 19.7. The van der Waals surface area contributed by atoms with Gasteiger partial charge in [0.2, 0.25) is 0 Å². The molecule has 0 aromatic carbocycles. The minimum atomic E-state index is -0.833. The van der Waals surface area contributed by atoms with Gasteiger partial charge in [-0.25, -0.2) is 0 Å². The van der Waals surface area contributed by atoms with Crippen molar-refractivity contribution in [2.45, 2.75) is 46.8 Å². The summed E-state index contributed by atoms with van der Waals surface area (Å²) in [6.07, 6.45) is 3.42. The van der Waals surface area contributed by atoms with E-state index in [1.54, 1.807) is 0 Å². The normalized spacial score (nSPS) is 12.2. The number of aliphatic carboxylic acids is 2. The Morgan fingerprint density at radius 2 is 1.10 bits per heavy atom. The fourth-order valence-corrected chi connectivity index (χ4v) is 5.21. The van der Waals surface area contributed by atoms with Gasteiger partial charge in [0.15, 0.2) is 0 Å². The summed E-state index contributed by atoms with van der Waals surface area (Å²) in [5, 5.41) is 14.8. The number of hydrogen-bond acceptors (Lipinski definition) is 4. The maximum absolute atomic E-state index is 9.00. The van der Waals surface area contributed by atoms with Crippen molar-refractivity contribution < 1.29 is 81.5 Å². The van der Waals surface area contributed by atoms with Gasteiger partial charge >= 0.3 is 109 Å². The molecule has 0 fully saturated rings. The third-order valence-electron chi connectivity index (χ3n) is 2.12. The van der Waals surface area contributed by atoms with E-state index in [0.29, 0.717) is 12.2 Å². The third-order valence-corrected chi connectivity index (χ3v) is 7.13. The van der Waals surface area contributed by atoms with Crippen LogP contribution in [-0.4, -0.2) is 48.6 Å². The van der Waals surface area contributed by atoms with Crippen LogP contribution in [0.15, 0.2) is 0 Å². The Morgan fingerprint density at radius 3 is 1.20 bits per heavy atom. The fraction of sp³-hybridized carbons (Fsp3) is 0.833. The van der Waals surface area contributed by atoms with Gasteiger partial charge in [-0.15, -0.1) is 0 Å². The van der Waals surface area contributed by atoms with Crippen molar-refractivity contribution in [2.75, 3.05) is 14.2 Å². The predicted molar refractivity (Wildman–Crippen MR) is 67.1 cm³/mol. The molecule has 0 aliphatic heterocycles. The van der Waals surface area contributed by atoms with Crippen molar-refractivity contribution in [3.8, 4) is 0 Å². The van der Waals surface area contributed by atoms with Crippen LogP contribution in [-0.2, 0) is 71.3 Å². The van der Waals surface area contributed by atoms with Gasteiger partial charge in [-0.05, 0) is 0 Å². The van der Waals surface area contributed by atoms with Crippen LogP contribution in [0.2, 0.25) is 7.86 Å². The molecule has 0 aliphatic rings. The first-order valence-corrected chi connectivity index (χ1v) is 14.1. The van der Waals surface area contributed by atoms with Gasteiger partial charge < -0.3 is 10.2 Å². The quantitative estimate of drug-likeness (QED) is 0.404. The molecule has 0 aromatic heterocycles. The molecule has 0 rings (SSSR count). The van der Waals surface area contributed by atoms with Crippen LogP contribution in [0.3, 0.4) is 0 Å². The Hall–Kier alpha value is 0.730. The molecule has 112 valence electrons. The number of methoxy groups -OCH3 is 2. The molecule has 6 nitrogen and oxygen atoms in total. The van der Waals surface area contributed by atoms with Gasteiger partial charge in [-0.2, -0.15) is 0 Å². The molecule has 0 aliphatic carbocycles. The van der Waals surface area contributed by atoms with Gasteiger partial charge in [0, 0.05) is 13.8 Å². The number of carbonyl (C=O) groups is 2. The van der Waals surface area contributed by atoms with Gasteiger partial charge in [0.1, 0.15) is 0 Å². The number of rotatable bonds is 7. The van der Waals surface area contributed by atoms with E-state index in [4.69, 9.17) is 29.3 Å². The second-order valence-electron chi connectivity index (χ2n) is 3.91. The van der Waals surface area contributed by atoms with Crippen LogP contribution < -0.4 is 0 Å². The molecule has 0 radical (unpaired) electrons. The summed E-state index contributed by atoms with van der Waals surface area (Å²) in [4.78, 5) is 18.0. The van der Waals surface area contributed by atoms with E-state index in [1.807, 2.05) is 14.2 Å². The van der Waals surface area contributed by atoms with Crippen molar-refractivity contribution in [1.82, 2.24) is 0 Å². The Kier molecular flexibility index (Phi) is 25.3. The molecule has 0 saturated carbocycles. The third kappa shape index (κ3) is 31.2. The molecule has 2 atom stereocenters. The SMILES string of the molecule is CC(=O)O.CC(=O)O.COC([CH2][Hg])CCC([CH2][Hg])OC. The Bertz CT molecular complexity index is 198. The number of hydrogen-bond donors (Lipinski definition) is 2. The molecule has 2 unspecified atom stereocenters. The van der Waals surface area contributed by atoms with E-state index in [-0.39, 0.29) is 0 Å². The summed E-state index contributed by atoms with van der Waals surface area (Å²) in [5.41, 5.74) is 0. The predicted octanol–water partition coefficient (Wildman–Crippen LogP) is 1.91. The van der Waals surface area contributed by atoms with E-state index in [1.165, 1.54) is 20.7 Å². The van der Waals surface area contributed by atoms with Gasteiger partial charge in [0.05, 0.1) is 0 Å². The van der Waals surface area contributed by atoms with Crippen LogP contribution in [0.1, 0.15) is 26.7 Å². The van der Waals surface area contributed by atoms with Crippen LogP contribution >= 0.6 is 0 Å². The van der Waals surface area contributed by atoms with E-state index in [9.17, 15) is 0 Å². The van der Waals surface area contributed by atoms with Crippen molar-refractivity contribution in [2.24, 2.45) is 0 Å². The monoisotopic (exact) mass is 668 g/mol. The molecule has 0 bridgehead atoms. The molecule has 0 aromatic rings. The van der Waals surface area contributed by atoms with Crippen LogP contribution in [0.5, 0.6) is 0 Å². The summed E-state index contributed by atoms with van der Waals surface area (Å²) >= 11 is 1.74. The first-order valence-electron chi connectivity index (χ1n) is 6.28. The zero-order valence-electron chi connectivity index (χ0n) is 12.9. The van der Waals surface area contributed by atoms with Gasteiger partial charge in [-0.1, -0.05) is 0 Å². The molecule has 8 heteroatoms. The average molecular weight is 665 g/mol. The summed E-state index contributed by atoms with van der Waals surface area (Å²) < 4.78 is 13.3. The molecule has 0 amide bonds. The Labute approximate surface area is 153 Å². The first kappa shape index (κ1) is 25.7. The van der Waals surface area contributed by atoms with E-state index >= 15 is 0 Å². The number of carboxylic acids is 2. The molecule has 0 saturated heterocycles. The van der Waals surface area contributed by atoms with E-state index in [0.717, 1.165) is 66.1 Å². The van der Waals surface area contributed by atoms with Crippen LogP contribution in [0.25, 0.3) is 0 Å². The number of carboxylic acid groups (broad SMARTS) is 2. The topological polar surface area (TPSA) is 93.1 Å². The second-order valence-corrected chi connectivity index (χ2v) is 8.40. The van der Waals surface area contributed by atoms with Crippen molar-refractivity contribution in [3.05, 3.63) is 0 Å². The van der Waals surface area contributed by atoms with Gasteiger partial charge in [0.25, 0.3) is 11.9 Å². The molecule has 2 N–H and O–H groups in total. The standard InChI is InChI=1S/C8H16O2.2C2H4O2.2Hg/c1-7(9-3)5-6-8(2)10-4;2*1-2(3)4;;/h7-8H,1-2,5-6H2,3-4H3;2*1H3,(H,3,4);;. The molecular weight excluding hydrogens is 641 g/mol. The van der Waals surface area contributed by atoms with Gasteiger partial charge in [-0.3, -0.25) is 9.59 Å². The first-order chi connectivity index (χ1) is 9.24. The van der Waals surface area contributed by atoms with Crippen molar-refractivity contribution >= 4 is 11.9 Å². The zero-order valence-corrected chi connectivity index (χ0v) is 23.9.